The lowest BCUT2D eigenvalue weighted by Gasteiger charge is -2.09. The Balaban J connectivity index is 1.84. The van der Waals surface area contributed by atoms with Gasteiger partial charge in [0.15, 0.2) is 13.2 Å². The van der Waals surface area contributed by atoms with Crippen LogP contribution in [0.5, 0.6) is 5.75 Å². The van der Waals surface area contributed by atoms with Gasteiger partial charge in [0.05, 0.1) is 5.56 Å². The summed E-state index contributed by atoms with van der Waals surface area (Å²) in [4.78, 5) is 34.5. The highest BCUT2D eigenvalue weighted by atomic mass is 16.5. The van der Waals surface area contributed by atoms with Crippen molar-refractivity contribution in [2.75, 3.05) is 18.5 Å². The zero-order valence-electron chi connectivity index (χ0n) is 14.6. The van der Waals surface area contributed by atoms with E-state index in [9.17, 15) is 14.4 Å². The van der Waals surface area contributed by atoms with Crippen molar-refractivity contribution in [3.8, 4) is 5.75 Å². The molecule has 136 valence electrons. The van der Waals surface area contributed by atoms with Gasteiger partial charge in [0, 0.05) is 5.69 Å². The summed E-state index contributed by atoms with van der Waals surface area (Å²) in [6, 6.07) is 11.5. The van der Waals surface area contributed by atoms with Crippen molar-refractivity contribution in [1.82, 2.24) is 0 Å². The molecule has 0 heterocycles. The SMILES string of the molecule is Cc1ccc(NC(=O)COC(=O)c2ccc(OCC(N)=O)cc2)cc1C. The molecule has 2 aromatic rings. The zero-order valence-corrected chi connectivity index (χ0v) is 14.6. The van der Waals surface area contributed by atoms with Crippen molar-refractivity contribution in [2.45, 2.75) is 13.8 Å². The van der Waals surface area contributed by atoms with E-state index in [-0.39, 0.29) is 12.2 Å². The first-order chi connectivity index (χ1) is 12.3. The van der Waals surface area contributed by atoms with E-state index in [0.29, 0.717) is 11.4 Å². The number of esters is 1. The fraction of sp³-hybridized carbons (Fsp3) is 0.211. The number of hydrogen-bond donors (Lipinski definition) is 2. The molecule has 0 atom stereocenters. The second-order valence-corrected chi connectivity index (χ2v) is 5.70. The van der Waals surface area contributed by atoms with Crippen molar-refractivity contribution in [3.63, 3.8) is 0 Å². The topological polar surface area (TPSA) is 108 Å². The van der Waals surface area contributed by atoms with Gasteiger partial charge in [-0.2, -0.15) is 0 Å². The first-order valence-electron chi connectivity index (χ1n) is 7.90. The van der Waals surface area contributed by atoms with Crippen molar-refractivity contribution in [2.24, 2.45) is 5.73 Å². The Morgan fingerprint density at radius 3 is 2.27 bits per heavy atom. The van der Waals surface area contributed by atoms with Gasteiger partial charge in [0.1, 0.15) is 5.75 Å². The van der Waals surface area contributed by atoms with E-state index in [1.165, 1.54) is 24.3 Å². The molecule has 0 aliphatic rings. The second-order valence-electron chi connectivity index (χ2n) is 5.70. The normalized spacial score (nSPS) is 10.1. The lowest BCUT2D eigenvalue weighted by Crippen LogP contribution is -2.21. The molecule has 2 aromatic carbocycles. The first-order valence-corrected chi connectivity index (χ1v) is 7.90. The van der Waals surface area contributed by atoms with Gasteiger partial charge in [-0.15, -0.1) is 0 Å². The number of nitrogens with two attached hydrogens (primary N) is 1. The highest BCUT2D eigenvalue weighted by molar-refractivity contribution is 5.95. The summed E-state index contributed by atoms with van der Waals surface area (Å²) in [5, 5.41) is 2.67. The molecule has 0 aromatic heterocycles. The van der Waals surface area contributed by atoms with E-state index in [4.69, 9.17) is 15.2 Å². The molecule has 26 heavy (non-hydrogen) atoms. The predicted molar refractivity (Wildman–Crippen MR) is 96.0 cm³/mol. The number of carbonyl (C=O) groups is 3. The van der Waals surface area contributed by atoms with Crippen LogP contribution in [0.3, 0.4) is 0 Å². The van der Waals surface area contributed by atoms with Crippen molar-refractivity contribution >= 4 is 23.5 Å². The molecular weight excluding hydrogens is 336 g/mol. The fourth-order valence-corrected chi connectivity index (χ4v) is 2.07. The highest BCUT2D eigenvalue weighted by Gasteiger charge is 2.11. The molecule has 0 bridgehead atoms. The lowest BCUT2D eigenvalue weighted by molar-refractivity contribution is -0.120. The summed E-state index contributed by atoms with van der Waals surface area (Å²) in [6.07, 6.45) is 0. The minimum Gasteiger partial charge on any atom is -0.484 e. The van der Waals surface area contributed by atoms with Crippen molar-refractivity contribution < 1.29 is 23.9 Å². The lowest BCUT2D eigenvalue weighted by atomic mass is 10.1. The molecular formula is C19H20N2O5. The largest absolute Gasteiger partial charge is 0.484 e. The van der Waals surface area contributed by atoms with E-state index in [1.54, 1.807) is 6.07 Å². The van der Waals surface area contributed by atoms with Crippen molar-refractivity contribution in [3.05, 3.63) is 59.2 Å². The Labute approximate surface area is 151 Å². The maximum absolute atomic E-state index is 12.0. The third-order valence-corrected chi connectivity index (χ3v) is 3.60. The molecule has 2 amide bonds. The summed E-state index contributed by atoms with van der Waals surface area (Å²) in [5.41, 5.74) is 8.06. The van der Waals surface area contributed by atoms with Crippen LogP contribution < -0.4 is 15.8 Å². The Hall–Kier alpha value is -3.35. The van der Waals surface area contributed by atoms with Gasteiger partial charge >= 0.3 is 5.97 Å². The van der Waals surface area contributed by atoms with Gasteiger partial charge < -0.3 is 20.5 Å². The molecule has 3 N–H and O–H groups in total. The van der Waals surface area contributed by atoms with Crippen LogP contribution in [0, 0.1) is 13.8 Å². The average molecular weight is 356 g/mol. The molecule has 2 rings (SSSR count). The first kappa shape index (κ1) is 19.0. The molecule has 0 aliphatic carbocycles. The standard InChI is InChI=1S/C19H20N2O5/c1-12-3-6-15(9-13(12)2)21-18(23)11-26-19(24)14-4-7-16(8-5-14)25-10-17(20)22/h3-9H,10-11H2,1-2H3,(H2,20,22)(H,21,23). The van der Waals surface area contributed by atoms with Gasteiger partial charge in [-0.3, -0.25) is 9.59 Å². The Kier molecular flexibility index (Phi) is 6.32. The monoisotopic (exact) mass is 356 g/mol. The number of anilines is 1. The third kappa shape index (κ3) is 5.62. The van der Waals surface area contributed by atoms with Crippen LogP contribution >= 0.6 is 0 Å². The van der Waals surface area contributed by atoms with E-state index >= 15 is 0 Å². The van der Waals surface area contributed by atoms with Crippen LogP contribution in [0.4, 0.5) is 5.69 Å². The van der Waals surface area contributed by atoms with Gasteiger partial charge in [0.25, 0.3) is 11.8 Å². The molecule has 0 radical (unpaired) electrons. The quantitative estimate of drug-likeness (QED) is 0.738. The van der Waals surface area contributed by atoms with Gasteiger partial charge in [0.2, 0.25) is 0 Å². The van der Waals surface area contributed by atoms with Crippen LogP contribution in [0.2, 0.25) is 0 Å². The number of rotatable bonds is 7. The van der Waals surface area contributed by atoms with Gasteiger partial charge in [-0.25, -0.2) is 4.79 Å². The number of nitrogens with one attached hydrogen (secondary N) is 1. The van der Waals surface area contributed by atoms with E-state index in [2.05, 4.69) is 5.32 Å². The average Bonchev–Trinajstić information content (AvgIpc) is 2.61. The molecule has 0 aliphatic heterocycles. The summed E-state index contributed by atoms with van der Waals surface area (Å²) in [7, 11) is 0. The Bertz CT molecular complexity index is 815. The summed E-state index contributed by atoms with van der Waals surface area (Å²) in [5.74, 6) is -1.26. The molecule has 0 saturated carbocycles. The molecule has 0 spiro atoms. The Morgan fingerprint density at radius 1 is 0.962 bits per heavy atom. The maximum Gasteiger partial charge on any atom is 0.338 e. The fourth-order valence-electron chi connectivity index (χ4n) is 2.07. The minimum absolute atomic E-state index is 0.248. The zero-order chi connectivity index (χ0) is 19.1. The van der Waals surface area contributed by atoms with Crippen molar-refractivity contribution in [1.29, 1.82) is 0 Å². The van der Waals surface area contributed by atoms with Crippen LogP contribution in [-0.2, 0) is 14.3 Å². The number of amides is 2. The molecule has 7 heteroatoms. The molecule has 7 nitrogen and oxygen atoms in total. The molecule has 0 unspecified atom stereocenters. The number of aryl methyl sites for hydroxylation is 2. The predicted octanol–water partition coefficient (Wildman–Crippen LogP) is 1.96. The van der Waals surface area contributed by atoms with Crippen LogP contribution in [-0.4, -0.2) is 31.0 Å². The van der Waals surface area contributed by atoms with E-state index in [0.717, 1.165) is 11.1 Å². The highest BCUT2D eigenvalue weighted by Crippen LogP contribution is 2.15. The second kappa shape index (κ2) is 8.66. The number of ether oxygens (including phenoxy) is 2. The Morgan fingerprint density at radius 2 is 1.65 bits per heavy atom. The summed E-state index contributed by atoms with van der Waals surface area (Å²) in [6.45, 7) is 3.28. The number of primary amides is 1. The summed E-state index contributed by atoms with van der Waals surface area (Å²) < 4.78 is 10.1. The molecule has 0 fully saturated rings. The number of carbonyl (C=O) groups excluding carboxylic acids is 3. The molecule has 0 saturated heterocycles. The summed E-state index contributed by atoms with van der Waals surface area (Å²) >= 11 is 0. The smallest absolute Gasteiger partial charge is 0.338 e. The van der Waals surface area contributed by atoms with E-state index in [1.807, 2.05) is 26.0 Å². The van der Waals surface area contributed by atoms with E-state index < -0.39 is 24.4 Å². The number of benzene rings is 2. The van der Waals surface area contributed by atoms with Crippen LogP contribution in [0.15, 0.2) is 42.5 Å². The minimum atomic E-state index is -0.637. The van der Waals surface area contributed by atoms with Crippen LogP contribution in [0.1, 0.15) is 21.5 Å². The van der Waals surface area contributed by atoms with Gasteiger partial charge in [-0.05, 0) is 61.4 Å². The third-order valence-electron chi connectivity index (χ3n) is 3.60. The number of hydrogen-bond acceptors (Lipinski definition) is 5. The van der Waals surface area contributed by atoms with Crippen LogP contribution in [0.25, 0.3) is 0 Å². The van der Waals surface area contributed by atoms with Gasteiger partial charge in [-0.1, -0.05) is 6.07 Å². The maximum atomic E-state index is 12.0.